The Bertz CT molecular complexity index is 199. The SMILES string of the molecule is CCCCC(CC)COCC(C)(C)C(=O)O. The smallest absolute Gasteiger partial charge is 0.311 e. The van der Waals surface area contributed by atoms with Crippen molar-refractivity contribution in [3.05, 3.63) is 0 Å². The summed E-state index contributed by atoms with van der Waals surface area (Å²) in [7, 11) is 0. The van der Waals surface area contributed by atoms with Gasteiger partial charge < -0.3 is 9.84 Å². The maximum absolute atomic E-state index is 10.9. The highest BCUT2D eigenvalue weighted by molar-refractivity contribution is 5.73. The molecule has 3 heteroatoms. The summed E-state index contributed by atoms with van der Waals surface area (Å²) in [5, 5.41) is 8.93. The van der Waals surface area contributed by atoms with Gasteiger partial charge >= 0.3 is 5.97 Å². The Morgan fingerprint density at radius 2 is 2.00 bits per heavy atom. The number of rotatable bonds is 9. The van der Waals surface area contributed by atoms with Crippen LogP contribution in [0.25, 0.3) is 0 Å². The first-order valence-corrected chi connectivity index (χ1v) is 6.25. The van der Waals surface area contributed by atoms with Crippen LogP contribution >= 0.6 is 0 Å². The molecule has 1 N–H and O–H groups in total. The minimum absolute atomic E-state index is 0.297. The van der Waals surface area contributed by atoms with Gasteiger partial charge in [0.2, 0.25) is 0 Å². The molecule has 3 nitrogen and oxygen atoms in total. The second-order valence-electron chi connectivity index (χ2n) is 5.12. The number of carbonyl (C=O) groups is 1. The maximum Gasteiger partial charge on any atom is 0.311 e. The fraction of sp³-hybridized carbons (Fsp3) is 0.923. The molecule has 0 aliphatic heterocycles. The summed E-state index contributed by atoms with van der Waals surface area (Å²) < 4.78 is 5.53. The number of hydrogen-bond donors (Lipinski definition) is 1. The Morgan fingerprint density at radius 1 is 1.38 bits per heavy atom. The van der Waals surface area contributed by atoms with Gasteiger partial charge in [0.15, 0.2) is 0 Å². The van der Waals surface area contributed by atoms with E-state index in [9.17, 15) is 4.79 Å². The summed E-state index contributed by atoms with van der Waals surface area (Å²) in [6, 6.07) is 0. The Balaban J connectivity index is 3.81. The molecular weight excluding hydrogens is 204 g/mol. The van der Waals surface area contributed by atoms with Crippen molar-refractivity contribution in [3.8, 4) is 0 Å². The standard InChI is InChI=1S/C13H26O3/c1-5-7-8-11(6-2)9-16-10-13(3,4)12(14)15/h11H,5-10H2,1-4H3,(H,14,15). The molecule has 0 aromatic carbocycles. The van der Waals surface area contributed by atoms with Crippen LogP contribution in [0.2, 0.25) is 0 Å². The van der Waals surface area contributed by atoms with Gasteiger partial charge in [0.05, 0.1) is 12.0 Å². The lowest BCUT2D eigenvalue weighted by molar-refractivity contribution is -0.150. The van der Waals surface area contributed by atoms with Gasteiger partial charge in [0, 0.05) is 6.61 Å². The second-order valence-corrected chi connectivity index (χ2v) is 5.12. The highest BCUT2D eigenvalue weighted by Crippen LogP contribution is 2.18. The van der Waals surface area contributed by atoms with Gasteiger partial charge in [-0.15, -0.1) is 0 Å². The zero-order valence-corrected chi connectivity index (χ0v) is 11.1. The molecule has 0 saturated carbocycles. The molecule has 0 heterocycles. The highest BCUT2D eigenvalue weighted by atomic mass is 16.5. The third-order valence-electron chi connectivity index (χ3n) is 2.94. The number of unbranched alkanes of at least 4 members (excludes halogenated alkanes) is 1. The molecule has 0 aliphatic rings. The largest absolute Gasteiger partial charge is 0.481 e. The number of carboxylic acids is 1. The van der Waals surface area contributed by atoms with E-state index in [2.05, 4.69) is 13.8 Å². The average Bonchev–Trinajstić information content (AvgIpc) is 2.22. The zero-order chi connectivity index (χ0) is 12.6. The van der Waals surface area contributed by atoms with Gasteiger partial charge in [-0.3, -0.25) is 4.79 Å². The minimum Gasteiger partial charge on any atom is -0.481 e. The third kappa shape index (κ3) is 6.11. The van der Waals surface area contributed by atoms with Gasteiger partial charge in [-0.2, -0.15) is 0 Å². The minimum atomic E-state index is -0.797. The van der Waals surface area contributed by atoms with Crippen molar-refractivity contribution in [2.45, 2.75) is 53.4 Å². The van der Waals surface area contributed by atoms with Crippen LogP contribution < -0.4 is 0 Å². The van der Waals surface area contributed by atoms with Gasteiger partial charge in [-0.25, -0.2) is 0 Å². The lowest BCUT2D eigenvalue weighted by atomic mass is 9.95. The van der Waals surface area contributed by atoms with E-state index in [1.54, 1.807) is 13.8 Å². The molecule has 0 aromatic heterocycles. The molecule has 0 bridgehead atoms. The molecule has 0 rings (SSSR count). The van der Waals surface area contributed by atoms with E-state index in [-0.39, 0.29) is 0 Å². The molecule has 16 heavy (non-hydrogen) atoms. The van der Waals surface area contributed by atoms with Crippen LogP contribution in [0, 0.1) is 11.3 Å². The van der Waals surface area contributed by atoms with Crippen LogP contribution in [0.5, 0.6) is 0 Å². The van der Waals surface area contributed by atoms with Crippen molar-refractivity contribution >= 4 is 5.97 Å². The predicted octanol–water partition coefficient (Wildman–Crippen LogP) is 3.33. The molecule has 0 fully saturated rings. The van der Waals surface area contributed by atoms with Crippen LogP contribution in [0.4, 0.5) is 0 Å². The van der Waals surface area contributed by atoms with Crippen LogP contribution in [0.1, 0.15) is 53.4 Å². The first kappa shape index (κ1) is 15.4. The highest BCUT2D eigenvalue weighted by Gasteiger charge is 2.27. The first-order chi connectivity index (χ1) is 7.44. The molecule has 1 atom stereocenters. The molecule has 0 aliphatic carbocycles. The van der Waals surface area contributed by atoms with Crippen molar-refractivity contribution < 1.29 is 14.6 Å². The first-order valence-electron chi connectivity index (χ1n) is 6.25. The van der Waals surface area contributed by atoms with Crippen molar-refractivity contribution in [2.75, 3.05) is 13.2 Å². The van der Waals surface area contributed by atoms with E-state index in [0.29, 0.717) is 19.1 Å². The Kier molecular flexibility index (Phi) is 7.39. The average molecular weight is 230 g/mol. The van der Waals surface area contributed by atoms with E-state index < -0.39 is 11.4 Å². The summed E-state index contributed by atoms with van der Waals surface area (Å²) in [5.74, 6) is -0.223. The van der Waals surface area contributed by atoms with Crippen molar-refractivity contribution in [1.82, 2.24) is 0 Å². The summed E-state index contributed by atoms with van der Waals surface area (Å²) in [4.78, 5) is 10.9. The molecule has 0 spiro atoms. The maximum atomic E-state index is 10.9. The van der Waals surface area contributed by atoms with Crippen molar-refractivity contribution in [3.63, 3.8) is 0 Å². The van der Waals surface area contributed by atoms with Gasteiger partial charge in [-0.1, -0.05) is 33.1 Å². The quantitative estimate of drug-likeness (QED) is 0.661. The molecule has 0 radical (unpaired) electrons. The summed E-state index contributed by atoms with van der Waals surface area (Å²) in [6.07, 6.45) is 4.72. The van der Waals surface area contributed by atoms with Crippen molar-refractivity contribution in [2.24, 2.45) is 11.3 Å². The van der Waals surface area contributed by atoms with Crippen LogP contribution in [0.3, 0.4) is 0 Å². The fourth-order valence-corrected chi connectivity index (χ4v) is 1.44. The van der Waals surface area contributed by atoms with Crippen LogP contribution in [-0.4, -0.2) is 24.3 Å². The predicted molar refractivity (Wildman–Crippen MR) is 65.5 cm³/mol. The fourth-order valence-electron chi connectivity index (χ4n) is 1.44. The van der Waals surface area contributed by atoms with E-state index >= 15 is 0 Å². The molecule has 0 aromatic rings. The van der Waals surface area contributed by atoms with Gasteiger partial charge in [-0.05, 0) is 26.2 Å². The van der Waals surface area contributed by atoms with E-state index in [1.807, 2.05) is 0 Å². The van der Waals surface area contributed by atoms with Gasteiger partial charge in [0.25, 0.3) is 0 Å². The van der Waals surface area contributed by atoms with E-state index in [0.717, 1.165) is 6.42 Å². The number of hydrogen-bond acceptors (Lipinski definition) is 2. The lowest BCUT2D eigenvalue weighted by Crippen LogP contribution is -2.30. The van der Waals surface area contributed by atoms with Gasteiger partial charge in [0.1, 0.15) is 0 Å². The second kappa shape index (κ2) is 7.66. The number of aliphatic carboxylic acids is 1. The van der Waals surface area contributed by atoms with Crippen LogP contribution in [-0.2, 0) is 9.53 Å². The lowest BCUT2D eigenvalue weighted by Gasteiger charge is -2.21. The topological polar surface area (TPSA) is 46.5 Å². The monoisotopic (exact) mass is 230 g/mol. The molecule has 1 unspecified atom stereocenters. The zero-order valence-electron chi connectivity index (χ0n) is 11.1. The molecule has 96 valence electrons. The van der Waals surface area contributed by atoms with E-state index in [4.69, 9.17) is 9.84 Å². The molecular formula is C13H26O3. The summed E-state index contributed by atoms with van der Waals surface area (Å²) >= 11 is 0. The molecule has 0 amide bonds. The van der Waals surface area contributed by atoms with E-state index in [1.165, 1.54) is 19.3 Å². The molecule has 0 saturated heterocycles. The number of carboxylic acid groups (broad SMARTS) is 1. The Hall–Kier alpha value is -0.570. The summed E-state index contributed by atoms with van der Waals surface area (Å²) in [5.41, 5.74) is -0.775. The normalized spacial score (nSPS) is 13.8. The van der Waals surface area contributed by atoms with Crippen molar-refractivity contribution in [1.29, 1.82) is 0 Å². The summed E-state index contributed by atoms with van der Waals surface area (Å²) in [6.45, 7) is 8.72. The Morgan fingerprint density at radius 3 is 2.44 bits per heavy atom. The number of ether oxygens (including phenoxy) is 1. The Labute approximate surface area is 99.2 Å². The third-order valence-corrected chi connectivity index (χ3v) is 2.94. The van der Waals surface area contributed by atoms with Crippen LogP contribution in [0.15, 0.2) is 0 Å².